The second kappa shape index (κ2) is 8.44. The smallest absolute Gasteiger partial charge is 0.405 e. The third kappa shape index (κ3) is 4.79. The van der Waals surface area contributed by atoms with Gasteiger partial charge in [0.25, 0.3) is 5.91 Å². The maximum Gasteiger partial charge on any atom is 0.405 e. The van der Waals surface area contributed by atoms with Crippen molar-refractivity contribution in [2.45, 2.75) is 19.4 Å². The molecule has 0 aliphatic carbocycles. The van der Waals surface area contributed by atoms with Crippen LogP contribution in [0.2, 0.25) is 0 Å². The van der Waals surface area contributed by atoms with E-state index >= 15 is 0 Å². The average molecular weight is 393 g/mol. The Bertz CT molecular complexity index is 719. The van der Waals surface area contributed by atoms with Gasteiger partial charge in [-0.1, -0.05) is 35.0 Å². The molecular weight excluding hydrogens is 376 g/mol. The van der Waals surface area contributed by atoms with Gasteiger partial charge >= 0.3 is 11.7 Å². The first kappa shape index (κ1) is 17.9. The number of carbonyl (C=O) groups excluding carboxylic acids is 2. The number of halogens is 1. The third-order valence-electron chi connectivity index (χ3n) is 3.38. The molecule has 2 aromatic rings. The molecule has 24 heavy (non-hydrogen) atoms. The lowest BCUT2D eigenvalue weighted by Crippen LogP contribution is -2.37. The number of esters is 1. The molecule has 1 amide bonds. The molecule has 1 N–H and O–H groups in total. The highest BCUT2D eigenvalue weighted by molar-refractivity contribution is 9.10. The number of nitrogens with zero attached hydrogens (tertiary/aromatic N) is 1. The Morgan fingerprint density at radius 3 is 2.58 bits per heavy atom. The molecule has 7 heteroatoms. The topological polar surface area (TPSA) is 82.3 Å². The number of hydrogen-bond acceptors (Lipinski definition) is 4. The fraction of sp³-hybridized carbons (Fsp3) is 0.235. The highest BCUT2D eigenvalue weighted by atomic mass is 79.9. The molecule has 0 unspecified atom stereocenters. The molecule has 0 aliphatic heterocycles. The quantitative estimate of drug-likeness (QED) is 0.465. The Balaban J connectivity index is 1.91. The van der Waals surface area contributed by atoms with E-state index in [-0.39, 0.29) is 11.7 Å². The van der Waals surface area contributed by atoms with Crippen molar-refractivity contribution in [1.29, 1.82) is 0 Å². The fourth-order valence-electron chi connectivity index (χ4n) is 2.14. The van der Waals surface area contributed by atoms with Gasteiger partial charge < -0.3 is 15.3 Å². The van der Waals surface area contributed by atoms with Crippen LogP contribution in [0.4, 0.5) is 0 Å². The van der Waals surface area contributed by atoms with Gasteiger partial charge in [0.15, 0.2) is 12.8 Å². The van der Waals surface area contributed by atoms with E-state index in [1.54, 1.807) is 6.07 Å². The zero-order valence-electron chi connectivity index (χ0n) is 13.1. The minimum Gasteiger partial charge on any atom is -0.618 e. The predicted octanol–water partition coefficient (Wildman–Crippen LogP) is 2.51. The fourth-order valence-corrected chi connectivity index (χ4v) is 2.41. The summed E-state index contributed by atoms with van der Waals surface area (Å²) >= 11 is 3.36. The van der Waals surface area contributed by atoms with Gasteiger partial charge in [0.05, 0.1) is 6.04 Å². The first-order chi connectivity index (χ1) is 11.5. The molecule has 1 aromatic heterocycles. The first-order valence-electron chi connectivity index (χ1n) is 7.41. The van der Waals surface area contributed by atoms with Gasteiger partial charge in [-0.05, 0) is 30.2 Å². The Labute approximate surface area is 148 Å². The van der Waals surface area contributed by atoms with E-state index in [4.69, 9.17) is 4.74 Å². The van der Waals surface area contributed by atoms with Gasteiger partial charge in [-0.3, -0.25) is 4.79 Å². The second-order valence-electron chi connectivity index (χ2n) is 5.07. The third-order valence-corrected chi connectivity index (χ3v) is 3.91. The van der Waals surface area contributed by atoms with Crippen molar-refractivity contribution in [1.82, 2.24) is 5.32 Å². The summed E-state index contributed by atoms with van der Waals surface area (Å²) < 4.78 is 6.25. The molecule has 0 saturated heterocycles. The summed E-state index contributed by atoms with van der Waals surface area (Å²) in [6.45, 7) is 1.50. The SMILES string of the molecule is CC[C@H](NC(=O)COC(=O)c1cccc[n+]1[O-])c1ccc(Br)cc1. The van der Waals surface area contributed by atoms with Gasteiger partial charge in [0.1, 0.15) is 0 Å². The number of rotatable bonds is 6. The van der Waals surface area contributed by atoms with Crippen molar-refractivity contribution in [3.05, 3.63) is 69.6 Å². The molecule has 1 heterocycles. The molecular formula is C17H17BrN2O4. The van der Waals surface area contributed by atoms with Crippen LogP contribution < -0.4 is 10.0 Å². The first-order valence-corrected chi connectivity index (χ1v) is 8.20. The molecule has 2 rings (SSSR count). The van der Waals surface area contributed by atoms with Crippen molar-refractivity contribution in [2.75, 3.05) is 6.61 Å². The van der Waals surface area contributed by atoms with Crippen LogP contribution in [0, 0.1) is 5.21 Å². The molecule has 1 atom stereocenters. The molecule has 0 radical (unpaired) electrons. The van der Waals surface area contributed by atoms with Gasteiger partial charge in [-0.2, -0.15) is 4.73 Å². The van der Waals surface area contributed by atoms with E-state index in [2.05, 4.69) is 21.2 Å². The zero-order chi connectivity index (χ0) is 17.5. The summed E-state index contributed by atoms with van der Waals surface area (Å²) in [6.07, 6.45) is 1.89. The summed E-state index contributed by atoms with van der Waals surface area (Å²) in [7, 11) is 0. The van der Waals surface area contributed by atoms with E-state index < -0.39 is 18.5 Å². The van der Waals surface area contributed by atoms with Crippen LogP contribution >= 0.6 is 15.9 Å². The maximum absolute atomic E-state index is 12.0. The van der Waals surface area contributed by atoms with Crippen molar-refractivity contribution in [2.24, 2.45) is 0 Å². The average Bonchev–Trinajstić information content (AvgIpc) is 2.59. The van der Waals surface area contributed by atoms with E-state index in [1.807, 2.05) is 31.2 Å². The number of ether oxygens (including phenoxy) is 1. The van der Waals surface area contributed by atoms with Crippen LogP contribution in [-0.4, -0.2) is 18.5 Å². The normalized spacial score (nSPS) is 11.6. The maximum atomic E-state index is 12.0. The second-order valence-corrected chi connectivity index (χ2v) is 5.98. The van der Waals surface area contributed by atoms with Crippen LogP contribution in [0.3, 0.4) is 0 Å². The number of carbonyl (C=O) groups is 2. The van der Waals surface area contributed by atoms with Crippen LogP contribution in [-0.2, 0) is 9.53 Å². The van der Waals surface area contributed by atoms with E-state index in [0.29, 0.717) is 11.2 Å². The Hall–Kier alpha value is -2.41. The standard InChI is InChI=1S/C17H17BrN2O4/c1-2-14(12-6-8-13(18)9-7-12)19-16(21)11-24-17(22)15-5-3-4-10-20(15)23/h3-10,14H,2,11H2,1H3,(H,19,21)/t14-/m0/s1. The highest BCUT2D eigenvalue weighted by Gasteiger charge is 2.19. The summed E-state index contributed by atoms with van der Waals surface area (Å²) in [5, 5.41) is 14.3. The van der Waals surface area contributed by atoms with Crippen LogP contribution in [0.15, 0.2) is 53.1 Å². The summed E-state index contributed by atoms with van der Waals surface area (Å²) in [6, 6.07) is 11.8. The van der Waals surface area contributed by atoms with Crippen molar-refractivity contribution >= 4 is 27.8 Å². The number of aromatic nitrogens is 1. The molecule has 0 bridgehead atoms. The molecule has 6 nitrogen and oxygen atoms in total. The summed E-state index contributed by atoms with van der Waals surface area (Å²) in [5.74, 6) is -1.26. The Morgan fingerprint density at radius 2 is 1.96 bits per heavy atom. The lowest BCUT2D eigenvalue weighted by molar-refractivity contribution is -0.608. The Kier molecular flexibility index (Phi) is 6.31. The number of hydrogen-bond donors (Lipinski definition) is 1. The minimum absolute atomic E-state index is 0.162. The van der Waals surface area contributed by atoms with Crippen molar-refractivity contribution in [3.8, 4) is 0 Å². The molecule has 1 aromatic carbocycles. The summed E-state index contributed by atoms with van der Waals surface area (Å²) in [4.78, 5) is 23.8. The van der Waals surface area contributed by atoms with Gasteiger partial charge in [-0.15, -0.1) is 0 Å². The van der Waals surface area contributed by atoms with Crippen molar-refractivity contribution in [3.63, 3.8) is 0 Å². The minimum atomic E-state index is -0.836. The van der Waals surface area contributed by atoms with Crippen LogP contribution in [0.25, 0.3) is 0 Å². The number of amides is 1. The predicted molar refractivity (Wildman–Crippen MR) is 91.0 cm³/mol. The van der Waals surface area contributed by atoms with E-state index in [9.17, 15) is 14.8 Å². The van der Waals surface area contributed by atoms with Crippen molar-refractivity contribution < 1.29 is 19.1 Å². The van der Waals surface area contributed by atoms with Gasteiger partial charge in [0.2, 0.25) is 0 Å². The highest BCUT2D eigenvalue weighted by Crippen LogP contribution is 2.19. The molecule has 0 fully saturated rings. The molecule has 0 spiro atoms. The van der Waals surface area contributed by atoms with Crippen LogP contribution in [0.1, 0.15) is 35.4 Å². The monoisotopic (exact) mass is 392 g/mol. The zero-order valence-corrected chi connectivity index (χ0v) is 14.7. The van der Waals surface area contributed by atoms with Gasteiger partial charge in [0, 0.05) is 16.6 Å². The molecule has 0 aliphatic rings. The summed E-state index contributed by atoms with van der Waals surface area (Å²) in [5.41, 5.74) is 0.797. The lowest BCUT2D eigenvalue weighted by atomic mass is 10.0. The van der Waals surface area contributed by atoms with E-state index in [0.717, 1.165) is 10.0 Å². The van der Waals surface area contributed by atoms with Crippen LogP contribution in [0.5, 0.6) is 0 Å². The molecule has 0 saturated carbocycles. The Morgan fingerprint density at radius 1 is 1.25 bits per heavy atom. The number of benzene rings is 1. The number of pyridine rings is 1. The number of nitrogens with one attached hydrogen (secondary N) is 1. The molecule has 126 valence electrons. The van der Waals surface area contributed by atoms with Gasteiger partial charge in [-0.25, -0.2) is 4.79 Å². The van der Waals surface area contributed by atoms with E-state index in [1.165, 1.54) is 18.3 Å². The lowest BCUT2D eigenvalue weighted by Gasteiger charge is -2.17. The largest absolute Gasteiger partial charge is 0.618 e.